The van der Waals surface area contributed by atoms with Gasteiger partial charge in [0.05, 0.1) is 35.7 Å². The summed E-state index contributed by atoms with van der Waals surface area (Å²) in [7, 11) is -4.08. The first-order valence-electron chi connectivity index (χ1n) is 10.5. The average molecular weight is 527 g/mol. The van der Waals surface area contributed by atoms with Gasteiger partial charge >= 0.3 is 11.9 Å². The number of rotatable bonds is 15. The number of carboxylic acids is 2. The van der Waals surface area contributed by atoms with Gasteiger partial charge in [0, 0.05) is 6.42 Å². The van der Waals surface area contributed by atoms with Crippen LogP contribution < -0.4 is 16.4 Å². The summed E-state index contributed by atoms with van der Waals surface area (Å²) in [5.74, 6) is -6.33. The summed E-state index contributed by atoms with van der Waals surface area (Å²) in [4.78, 5) is 50.6. The minimum atomic E-state index is -4.08. The quantitative estimate of drug-likeness (QED) is 0.0525. The number of hydrazine groups is 1. The highest BCUT2D eigenvalue weighted by molar-refractivity contribution is 7.91. The molecule has 2 amide bonds. The van der Waals surface area contributed by atoms with Gasteiger partial charge in [0.1, 0.15) is 25.2 Å². The van der Waals surface area contributed by atoms with Crippen molar-refractivity contribution in [1.82, 2.24) is 15.6 Å². The third kappa shape index (κ3) is 12.1. The zero-order chi connectivity index (χ0) is 26.6. The zero-order valence-corrected chi connectivity index (χ0v) is 19.6. The van der Waals surface area contributed by atoms with Gasteiger partial charge in [-0.15, -0.1) is 5.01 Å². The van der Waals surface area contributed by atoms with E-state index in [0.717, 1.165) is 0 Å². The molecule has 1 rings (SSSR count). The second kappa shape index (κ2) is 14.2. The normalized spacial score (nSPS) is 16.7. The monoisotopic (exact) mass is 526 g/mol. The van der Waals surface area contributed by atoms with Crippen molar-refractivity contribution in [3.8, 4) is 0 Å². The summed E-state index contributed by atoms with van der Waals surface area (Å²) in [6, 6.07) is -3.03. The number of sulfone groups is 1. The van der Waals surface area contributed by atoms with Crippen LogP contribution in [0.15, 0.2) is 5.28 Å². The number of aliphatic hydroxyl groups is 1. The van der Waals surface area contributed by atoms with E-state index in [1.165, 1.54) is 5.01 Å². The number of hydrogen-bond donors (Lipinski definition) is 6. The van der Waals surface area contributed by atoms with Gasteiger partial charge in [-0.25, -0.2) is 8.42 Å². The number of aliphatic hydroxyl groups excluding tert-OH is 1. The number of aliphatic carboxylic acids is 2. The molecule has 1 heterocycles. The van der Waals surface area contributed by atoms with E-state index >= 15 is 0 Å². The lowest BCUT2D eigenvalue weighted by Gasteiger charge is -2.25. The molecule has 0 aromatic carbocycles. The molecule has 0 aromatic heterocycles. The first kappa shape index (κ1) is 29.8. The Balaban J connectivity index is 2.67. The number of nitrogens with one attached hydrogen (secondary N) is 2. The van der Waals surface area contributed by atoms with Gasteiger partial charge in [-0.2, -0.15) is 0 Å². The summed E-state index contributed by atoms with van der Waals surface area (Å²) in [6.45, 7) is -0.910. The Morgan fingerprint density at radius 2 is 1.86 bits per heavy atom. The van der Waals surface area contributed by atoms with E-state index in [4.69, 9.17) is 20.8 Å². The van der Waals surface area contributed by atoms with Gasteiger partial charge in [-0.3, -0.25) is 19.2 Å². The Labute approximate surface area is 200 Å². The topological polar surface area (TPSA) is 264 Å². The SMILES string of the molecule is N[C@@H](CCC(=O)N[C@@H](CS(=O)(=O)CCO/N=[N+](\[O-])N1CCC(O)CC1)C(=O)NCC(=O)O)C(=O)O. The molecule has 1 fully saturated rings. The van der Waals surface area contributed by atoms with Gasteiger partial charge in [0.2, 0.25) is 17.1 Å². The Hall–Kier alpha value is -3.25. The lowest BCUT2D eigenvalue weighted by Crippen LogP contribution is -2.51. The highest BCUT2D eigenvalue weighted by atomic mass is 32.2. The van der Waals surface area contributed by atoms with Gasteiger partial charge in [0.15, 0.2) is 9.84 Å². The van der Waals surface area contributed by atoms with Crippen molar-refractivity contribution in [3.63, 3.8) is 0 Å². The molecule has 0 spiro atoms. The maximum atomic E-state index is 12.4. The molecular formula is C17H30N6O11S. The first-order chi connectivity index (χ1) is 16.3. The lowest BCUT2D eigenvalue weighted by molar-refractivity contribution is -0.713. The average Bonchev–Trinajstić information content (AvgIpc) is 2.78. The van der Waals surface area contributed by atoms with Crippen molar-refractivity contribution in [1.29, 1.82) is 0 Å². The predicted molar refractivity (Wildman–Crippen MR) is 115 cm³/mol. The maximum absolute atomic E-state index is 12.4. The summed E-state index contributed by atoms with van der Waals surface area (Å²) in [5.41, 5.74) is 5.30. The van der Waals surface area contributed by atoms with Crippen LogP contribution in [0.2, 0.25) is 0 Å². The molecule has 0 aromatic rings. The molecule has 0 radical (unpaired) electrons. The van der Waals surface area contributed by atoms with Crippen molar-refractivity contribution < 1.29 is 52.7 Å². The molecule has 0 saturated carbocycles. The maximum Gasteiger partial charge on any atom is 0.322 e. The molecule has 7 N–H and O–H groups in total. The van der Waals surface area contributed by atoms with Crippen LogP contribution in [0.4, 0.5) is 0 Å². The standard InChI is InChI=1S/C17H30N6O11S/c18-12(17(29)30)1-2-14(25)20-13(16(28)19-9-15(26)27)10-35(32,33)8-7-34-21-23(31)22-5-3-11(24)4-6-22/h11-13,24H,1-10,18H2,(H,19,28)(H,20,25)(H,26,27)(H,29,30)/b23-21-/t12-,13-/m0/s1. The minimum absolute atomic E-state index is 0.142. The molecule has 0 bridgehead atoms. The summed E-state index contributed by atoms with van der Waals surface area (Å²) < 4.78 is 24.8. The van der Waals surface area contributed by atoms with Crippen molar-refractivity contribution >= 4 is 33.6 Å². The highest BCUT2D eigenvalue weighted by Crippen LogP contribution is 2.10. The van der Waals surface area contributed by atoms with Crippen LogP contribution in [-0.4, -0.2) is 113 Å². The Kier molecular flexibility index (Phi) is 12.1. The van der Waals surface area contributed by atoms with E-state index in [0.29, 0.717) is 12.8 Å². The van der Waals surface area contributed by atoms with Gasteiger partial charge < -0.3 is 41.7 Å². The van der Waals surface area contributed by atoms with E-state index in [-0.39, 0.29) is 24.5 Å². The number of piperidine rings is 1. The Morgan fingerprint density at radius 3 is 2.43 bits per heavy atom. The smallest absolute Gasteiger partial charge is 0.322 e. The molecule has 1 aliphatic heterocycles. The van der Waals surface area contributed by atoms with Crippen LogP contribution >= 0.6 is 0 Å². The van der Waals surface area contributed by atoms with Gasteiger partial charge in [-0.1, -0.05) is 0 Å². The van der Waals surface area contributed by atoms with E-state index in [2.05, 4.69) is 10.6 Å². The van der Waals surface area contributed by atoms with Gasteiger partial charge in [-0.05, 0) is 19.3 Å². The van der Waals surface area contributed by atoms with Crippen LogP contribution in [0.25, 0.3) is 0 Å². The van der Waals surface area contributed by atoms with Crippen molar-refractivity contribution in [2.24, 2.45) is 11.0 Å². The van der Waals surface area contributed by atoms with E-state index in [9.17, 15) is 37.9 Å². The third-order valence-corrected chi connectivity index (χ3v) is 6.41. The second-order valence-corrected chi connectivity index (χ2v) is 9.91. The Morgan fingerprint density at radius 1 is 1.23 bits per heavy atom. The number of nitrogens with zero attached hydrogens (tertiary/aromatic N) is 3. The molecule has 0 aliphatic carbocycles. The van der Waals surface area contributed by atoms with E-state index in [1.807, 2.05) is 5.32 Å². The van der Waals surface area contributed by atoms with E-state index < -0.39 is 82.9 Å². The molecular weight excluding hydrogens is 496 g/mol. The molecule has 1 aliphatic rings. The summed E-state index contributed by atoms with van der Waals surface area (Å²) >= 11 is 0. The van der Waals surface area contributed by atoms with Crippen LogP contribution in [0.5, 0.6) is 0 Å². The molecule has 0 unspecified atom stereocenters. The van der Waals surface area contributed by atoms with Crippen LogP contribution in [0, 0.1) is 5.21 Å². The molecule has 1 saturated heterocycles. The zero-order valence-electron chi connectivity index (χ0n) is 18.7. The fourth-order valence-corrected chi connectivity index (χ4v) is 4.05. The van der Waals surface area contributed by atoms with Gasteiger partial charge in [0.25, 0.3) is 0 Å². The van der Waals surface area contributed by atoms with Crippen molar-refractivity contribution in [3.05, 3.63) is 5.21 Å². The number of hydrogen-bond acceptors (Lipinski definition) is 11. The second-order valence-electron chi connectivity index (χ2n) is 7.68. The number of carbonyl (C=O) groups is 4. The molecule has 200 valence electrons. The third-order valence-electron chi connectivity index (χ3n) is 4.78. The minimum Gasteiger partial charge on any atom is -0.569 e. The van der Waals surface area contributed by atoms with Crippen molar-refractivity contribution in [2.45, 2.75) is 43.9 Å². The lowest BCUT2D eigenvalue weighted by atomic mass is 10.1. The highest BCUT2D eigenvalue weighted by Gasteiger charge is 2.28. The van der Waals surface area contributed by atoms with Crippen LogP contribution in [-0.2, 0) is 33.9 Å². The molecule has 18 heteroatoms. The number of nitrogens with two attached hydrogens (primary N) is 1. The molecule has 35 heavy (non-hydrogen) atoms. The molecule has 17 nitrogen and oxygen atoms in total. The Bertz CT molecular complexity index is 889. The fraction of sp³-hybridized carbons (Fsp3) is 0.765. The first-order valence-corrected chi connectivity index (χ1v) is 12.3. The van der Waals surface area contributed by atoms with E-state index in [1.54, 1.807) is 0 Å². The predicted octanol–water partition coefficient (Wildman–Crippen LogP) is -3.46. The van der Waals surface area contributed by atoms with Crippen LogP contribution in [0.1, 0.15) is 25.7 Å². The van der Waals surface area contributed by atoms with Crippen molar-refractivity contribution in [2.75, 3.05) is 37.7 Å². The largest absolute Gasteiger partial charge is 0.569 e. The number of amides is 2. The molecule has 2 atom stereocenters. The summed E-state index contributed by atoms with van der Waals surface area (Å²) in [6.07, 6.45) is -0.496. The summed E-state index contributed by atoms with van der Waals surface area (Å²) in [5, 5.41) is 47.2. The number of carboxylic acid groups (broad SMARTS) is 2. The fourth-order valence-electron chi connectivity index (χ4n) is 2.81. The number of carbonyl (C=O) groups excluding carboxylic acids is 2. The van der Waals surface area contributed by atoms with Crippen LogP contribution in [0.3, 0.4) is 0 Å².